The van der Waals surface area contributed by atoms with Crippen LogP contribution < -0.4 is 0 Å². The van der Waals surface area contributed by atoms with E-state index < -0.39 is 5.60 Å². The molecule has 0 saturated carbocycles. The number of carbonyl (C=O) groups excluding carboxylic acids is 1. The summed E-state index contributed by atoms with van der Waals surface area (Å²) < 4.78 is 5.14. The highest BCUT2D eigenvalue weighted by atomic mass is 16.6. The number of ether oxygens (including phenoxy) is 1. The smallest absolute Gasteiger partial charge is 0.311 e. The lowest BCUT2D eigenvalue weighted by Gasteiger charge is -2.22. The minimum atomic E-state index is -0.460. The van der Waals surface area contributed by atoms with Crippen molar-refractivity contribution in [2.75, 3.05) is 6.61 Å². The molecule has 0 aliphatic heterocycles. The van der Waals surface area contributed by atoms with Gasteiger partial charge < -0.3 is 9.84 Å². The topological polar surface area (TPSA) is 46.5 Å². The third-order valence-electron chi connectivity index (χ3n) is 1.60. The van der Waals surface area contributed by atoms with E-state index in [0.717, 1.165) is 6.42 Å². The minimum Gasteiger partial charge on any atom is -0.460 e. The molecular weight excluding hydrogens is 168 g/mol. The molecule has 1 unspecified atom stereocenters. The molecule has 0 aliphatic rings. The van der Waals surface area contributed by atoms with Crippen LogP contribution in [0.15, 0.2) is 0 Å². The first-order valence-corrected chi connectivity index (χ1v) is 4.74. The molecule has 0 aromatic rings. The van der Waals surface area contributed by atoms with Gasteiger partial charge in [-0.2, -0.15) is 0 Å². The fourth-order valence-corrected chi connectivity index (χ4v) is 1.02. The van der Waals surface area contributed by atoms with E-state index in [9.17, 15) is 4.79 Å². The van der Waals surface area contributed by atoms with E-state index in [4.69, 9.17) is 9.84 Å². The quantitative estimate of drug-likeness (QED) is 0.683. The van der Waals surface area contributed by atoms with Crippen LogP contribution in [0.25, 0.3) is 0 Å². The Bertz CT molecular complexity index is 158. The lowest BCUT2D eigenvalue weighted by molar-refractivity contribution is -0.161. The summed E-state index contributed by atoms with van der Waals surface area (Å²) in [6, 6.07) is 0. The first-order valence-electron chi connectivity index (χ1n) is 4.74. The molecule has 78 valence electrons. The molecule has 0 saturated heterocycles. The summed E-state index contributed by atoms with van der Waals surface area (Å²) in [5.74, 6) is -0.652. The normalized spacial score (nSPS) is 13.9. The van der Waals surface area contributed by atoms with Crippen molar-refractivity contribution < 1.29 is 14.6 Å². The van der Waals surface area contributed by atoms with E-state index in [2.05, 4.69) is 0 Å². The Morgan fingerprint density at radius 3 is 2.31 bits per heavy atom. The van der Waals surface area contributed by atoms with Crippen molar-refractivity contribution in [1.82, 2.24) is 0 Å². The molecule has 1 atom stereocenters. The fraction of sp³-hybridized carbons (Fsp3) is 0.900. The molecule has 1 N–H and O–H groups in total. The average molecular weight is 188 g/mol. The van der Waals surface area contributed by atoms with Crippen LogP contribution in [-0.2, 0) is 9.53 Å². The van der Waals surface area contributed by atoms with E-state index in [0.29, 0.717) is 6.42 Å². The van der Waals surface area contributed by atoms with E-state index in [1.165, 1.54) is 0 Å². The van der Waals surface area contributed by atoms with Gasteiger partial charge in [-0.1, -0.05) is 13.3 Å². The Hall–Kier alpha value is -0.570. The van der Waals surface area contributed by atoms with Crippen molar-refractivity contribution in [2.24, 2.45) is 5.92 Å². The van der Waals surface area contributed by atoms with Crippen LogP contribution in [0, 0.1) is 5.92 Å². The standard InChI is InChI=1S/C10H20O3/c1-5-6-8(7-11)9(12)13-10(2,3)4/h8,11H,5-7H2,1-4H3. The average Bonchev–Trinajstić information content (AvgIpc) is 1.96. The van der Waals surface area contributed by atoms with E-state index in [1.54, 1.807) is 0 Å². The summed E-state index contributed by atoms with van der Waals surface area (Å²) in [6.45, 7) is 7.33. The Morgan fingerprint density at radius 2 is 2.00 bits per heavy atom. The van der Waals surface area contributed by atoms with Crippen molar-refractivity contribution in [3.63, 3.8) is 0 Å². The van der Waals surface area contributed by atoms with Crippen LogP contribution in [0.1, 0.15) is 40.5 Å². The summed E-state index contributed by atoms with van der Waals surface area (Å²) in [6.07, 6.45) is 1.57. The zero-order valence-corrected chi connectivity index (χ0v) is 8.96. The highest BCUT2D eigenvalue weighted by Crippen LogP contribution is 2.14. The monoisotopic (exact) mass is 188 g/mol. The maximum absolute atomic E-state index is 11.4. The minimum absolute atomic E-state index is 0.122. The number of aliphatic hydroxyl groups is 1. The van der Waals surface area contributed by atoms with Gasteiger partial charge in [-0.05, 0) is 27.2 Å². The molecule has 0 bridgehead atoms. The number of carbonyl (C=O) groups is 1. The second-order valence-electron chi connectivity index (χ2n) is 4.20. The molecule has 3 heteroatoms. The van der Waals surface area contributed by atoms with E-state index in [-0.39, 0.29) is 18.5 Å². The molecule has 0 aliphatic carbocycles. The Balaban J connectivity index is 4.06. The van der Waals surface area contributed by atoms with Crippen LogP contribution in [0.5, 0.6) is 0 Å². The van der Waals surface area contributed by atoms with E-state index in [1.807, 2.05) is 27.7 Å². The molecule has 0 heterocycles. The van der Waals surface area contributed by atoms with Gasteiger partial charge in [0.1, 0.15) is 5.60 Å². The van der Waals surface area contributed by atoms with Gasteiger partial charge in [0.05, 0.1) is 12.5 Å². The molecule has 13 heavy (non-hydrogen) atoms. The number of hydrogen-bond donors (Lipinski definition) is 1. The van der Waals surface area contributed by atoms with Crippen molar-refractivity contribution >= 4 is 5.97 Å². The molecule has 3 nitrogen and oxygen atoms in total. The van der Waals surface area contributed by atoms with Crippen LogP contribution in [-0.4, -0.2) is 23.3 Å². The predicted octanol–water partition coefficient (Wildman–Crippen LogP) is 1.74. The van der Waals surface area contributed by atoms with E-state index >= 15 is 0 Å². The summed E-state index contributed by atoms with van der Waals surface area (Å²) in [7, 11) is 0. The van der Waals surface area contributed by atoms with Gasteiger partial charge in [-0.15, -0.1) is 0 Å². The zero-order valence-electron chi connectivity index (χ0n) is 8.96. The Kier molecular flexibility index (Phi) is 4.99. The first-order chi connectivity index (χ1) is 5.90. The second-order valence-corrected chi connectivity index (χ2v) is 4.20. The van der Waals surface area contributed by atoms with Gasteiger partial charge in [0.2, 0.25) is 0 Å². The van der Waals surface area contributed by atoms with Crippen LogP contribution in [0.4, 0.5) is 0 Å². The maximum Gasteiger partial charge on any atom is 0.311 e. The molecule has 0 aromatic carbocycles. The summed E-state index contributed by atoms with van der Waals surface area (Å²) in [5, 5.41) is 8.92. The molecule has 0 radical (unpaired) electrons. The Labute approximate surface area is 80.1 Å². The van der Waals surface area contributed by atoms with Gasteiger partial charge in [0.15, 0.2) is 0 Å². The van der Waals surface area contributed by atoms with Gasteiger partial charge in [-0.25, -0.2) is 0 Å². The maximum atomic E-state index is 11.4. The SMILES string of the molecule is CCCC(CO)C(=O)OC(C)(C)C. The third-order valence-corrected chi connectivity index (χ3v) is 1.60. The molecule has 0 fully saturated rings. The predicted molar refractivity (Wildman–Crippen MR) is 51.3 cm³/mol. The molecule has 0 rings (SSSR count). The van der Waals surface area contributed by atoms with Crippen molar-refractivity contribution in [2.45, 2.75) is 46.1 Å². The lowest BCUT2D eigenvalue weighted by atomic mass is 10.0. The van der Waals surface area contributed by atoms with Gasteiger partial charge in [-0.3, -0.25) is 4.79 Å². The molecule has 0 spiro atoms. The number of esters is 1. The number of aliphatic hydroxyl groups excluding tert-OH is 1. The largest absolute Gasteiger partial charge is 0.460 e. The number of rotatable bonds is 4. The molecule has 0 amide bonds. The van der Waals surface area contributed by atoms with Crippen LogP contribution in [0.3, 0.4) is 0 Å². The van der Waals surface area contributed by atoms with Crippen molar-refractivity contribution in [3.05, 3.63) is 0 Å². The van der Waals surface area contributed by atoms with Crippen molar-refractivity contribution in [3.8, 4) is 0 Å². The van der Waals surface area contributed by atoms with Gasteiger partial charge >= 0.3 is 5.97 Å². The van der Waals surface area contributed by atoms with Crippen LogP contribution in [0.2, 0.25) is 0 Å². The van der Waals surface area contributed by atoms with Crippen LogP contribution >= 0.6 is 0 Å². The highest BCUT2D eigenvalue weighted by Gasteiger charge is 2.23. The number of hydrogen-bond acceptors (Lipinski definition) is 3. The summed E-state index contributed by atoms with van der Waals surface area (Å²) in [4.78, 5) is 11.4. The first kappa shape index (κ1) is 12.4. The lowest BCUT2D eigenvalue weighted by Crippen LogP contribution is -2.30. The summed E-state index contributed by atoms with van der Waals surface area (Å²) >= 11 is 0. The fourth-order valence-electron chi connectivity index (χ4n) is 1.02. The van der Waals surface area contributed by atoms with Gasteiger partial charge in [0, 0.05) is 0 Å². The van der Waals surface area contributed by atoms with Gasteiger partial charge in [0.25, 0.3) is 0 Å². The second kappa shape index (κ2) is 5.22. The summed E-state index contributed by atoms with van der Waals surface area (Å²) in [5.41, 5.74) is -0.460. The third kappa shape index (κ3) is 5.64. The zero-order chi connectivity index (χ0) is 10.5. The molecular formula is C10H20O3. The van der Waals surface area contributed by atoms with Crippen molar-refractivity contribution in [1.29, 1.82) is 0 Å². The molecule has 0 aromatic heterocycles. The Morgan fingerprint density at radius 1 is 1.46 bits per heavy atom. The highest BCUT2D eigenvalue weighted by molar-refractivity contribution is 5.72.